The predicted octanol–water partition coefficient (Wildman–Crippen LogP) is 0.929. The lowest BCUT2D eigenvalue weighted by atomic mass is 10.3. The van der Waals surface area contributed by atoms with Gasteiger partial charge in [0.15, 0.2) is 5.88 Å². The Hall–Kier alpha value is -1.00. The average Bonchev–Trinajstić information content (AvgIpc) is 2.74. The Morgan fingerprint density at radius 2 is 2.12 bits per heavy atom. The molecule has 1 N–H and O–H groups in total. The standard InChI is InChI=1S/C12H21N3O/c1-11-3-4-12(16-11)14(2)9-10-15-7-5-13-6-8-15/h3-4,13H,5-10H2,1-2H3. The maximum absolute atomic E-state index is 5.58. The molecule has 1 saturated heterocycles. The second kappa shape index (κ2) is 5.37. The van der Waals surface area contributed by atoms with Crippen LogP contribution in [0.15, 0.2) is 16.5 Å². The van der Waals surface area contributed by atoms with Crippen LogP contribution < -0.4 is 10.2 Å². The van der Waals surface area contributed by atoms with Crippen LogP contribution >= 0.6 is 0 Å². The maximum atomic E-state index is 5.58. The first-order valence-corrected chi connectivity index (χ1v) is 5.96. The quantitative estimate of drug-likeness (QED) is 0.823. The van der Waals surface area contributed by atoms with E-state index in [1.165, 1.54) is 0 Å². The van der Waals surface area contributed by atoms with Gasteiger partial charge in [0.05, 0.1) is 0 Å². The fraction of sp³-hybridized carbons (Fsp3) is 0.667. The minimum absolute atomic E-state index is 0.965. The third-order valence-electron chi connectivity index (χ3n) is 3.06. The molecule has 4 nitrogen and oxygen atoms in total. The van der Waals surface area contributed by atoms with Gasteiger partial charge in [-0.05, 0) is 13.0 Å². The van der Waals surface area contributed by atoms with Gasteiger partial charge in [-0.15, -0.1) is 0 Å². The van der Waals surface area contributed by atoms with Gasteiger partial charge in [-0.3, -0.25) is 4.90 Å². The molecule has 90 valence electrons. The van der Waals surface area contributed by atoms with Gasteiger partial charge in [-0.2, -0.15) is 0 Å². The number of piperazine rings is 1. The zero-order valence-electron chi connectivity index (χ0n) is 10.2. The summed E-state index contributed by atoms with van der Waals surface area (Å²) in [5.74, 6) is 1.94. The molecule has 0 amide bonds. The van der Waals surface area contributed by atoms with Gasteiger partial charge in [0.1, 0.15) is 5.76 Å². The number of nitrogens with zero attached hydrogens (tertiary/aromatic N) is 2. The second-order valence-electron chi connectivity index (χ2n) is 4.40. The number of nitrogens with one attached hydrogen (secondary N) is 1. The molecule has 0 unspecified atom stereocenters. The Bertz CT molecular complexity index is 318. The lowest BCUT2D eigenvalue weighted by molar-refractivity contribution is 0.245. The van der Waals surface area contributed by atoms with Crippen molar-refractivity contribution in [2.24, 2.45) is 0 Å². The molecule has 0 aromatic carbocycles. The summed E-state index contributed by atoms with van der Waals surface area (Å²) in [6, 6.07) is 4.05. The van der Waals surface area contributed by atoms with Crippen LogP contribution in [0.5, 0.6) is 0 Å². The minimum Gasteiger partial charge on any atom is -0.446 e. The van der Waals surface area contributed by atoms with E-state index in [-0.39, 0.29) is 0 Å². The monoisotopic (exact) mass is 223 g/mol. The molecule has 0 aliphatic carbocycles. The first-order valence-electron chi connectivity index (χ1n) is 5.96. The number of hydrogen-bond donors (Lipinski definition) is 1. The molecule has 16 heavy (non-hydrogen) atoms. The minimum atomic E-state index is 0.965. The van der Waals surface area contributed by atoms with Gasteiger partial charge in [0, 0.05) is 52.4 Å². The van der Waals surface area contributed by atoms with E-state index in [1.807, 2.05) is 19.1 Å². The van der Waals surface area contributed by atoms with Crippen LogP contribution in [-0.2, 0) is 0 Å². The smallest absolute Gasteiger partial charge is 0.195 e. The number of anilines is 1. The third kappa shape index (κ3) is 3.00. The summed E-state index contributed by atoms with van der Waals surface area (Å²) < 4.78 is 5.58. The number of rotatable bonds is 4. The van der Waals surface area contributed by atoms with Gasteiger partial charge in [0.25, 0.3) is 0 Å². The molecular weight excluding hydrogens is 202 g/mol. The van der Waals surface area contributed by atoms with Gasteiger partial charge < -0.3 is 14.6 Å². The predicted molar refractivity (Wildman–Crippen MR) is 66.0 cm³/mol. The van der Waals surface area contributed by atoms with E-state index in [2.05, 4.69) is 22.2 Å². The van der Waals surface area contributed by atoms with E-state index in [1.54, 1.807) is 0 Å². The SMILES string of the molecule is Cc1ccc(N(C)CCN2CCNCC2)o1. The summed E-state index contributed by atoms with van der Waals surface area (Å²) >= 11 is 0. The van der Waals surface area contributed by atoms with Gasteiger partial charge in [0.2, 0.25) is 0 Å². The molecule has 1 aliphatic rings. The van der Waals surface area contributed by atoms with E-state index in [9.17, 15) is 0 Å². The van der Waals surface area contributed by atoms with E-state index in [4.69, 9.17) is 4.42 Å². The highest BCUT2D eigenvalue weighted by Crippen LogP contribution is 2.15. The molecule has 4 heteroatoms. The summed E-state index contributed by atoms with van der Waals surface area (Å²) in [7, 11) is 2.08. The molecule has 0 spiro atoms. The molecule has 1 aromatic heterocycles. The Morgan fingerprint density at radius 3 is 2.75 bits per heavy atom. The summed E-state index contributed by atoms with van der Waals surface area (Å²) in [6.45, 7) is 8.65. The van der Waals surface area contributed by atoms with Crippen molar-refractivity contribution >= 4 is 5.88 Å². The first-order chi connectivity index (χ1) is 7.75. The van der Waals surface area contributed by atoms with E-state index in [0.29, 0.717) is 0 Å². The topological polar surface area (TPSA) is 31.6 Å². The summed E-state index contributed by atoms with van der Waals surface area (Å²) in [6.07, 6.45) is 0. The number of hydrogen-bond acceptors (Lipinski definition) is 4. The van der Waals surface area contributed by atoms with Crippen molar-refractivity contribution in [1.29, 1.82) is 0 Å². The summed E-state index contributed by atoms with van der Waals surface area (Å²) in [4.78, 5) is 4.66. The zero-order chi connectivity index (χ0) is 11.4. The van der Waals surface area contributed by atoms with Gasteiger partial charge in [-0.25, -0.2) is 0 Å². The summed E-state index contributed by atoms with van der Waals surface area (Å²) in [5.41, 5.74) is 0. The van der Waals surface area contributed by atoms with Crippen LogP contribution in [-0.4, -0.2) is 51.2 Å². The third-order valence-corrected chi connectivity index (χ3v) is 3.06. The second-order valence-corrected chi connectivity index (χ2v) is 4.40. The largest absolute Gasteiger partial charge is 0.446 e. The van der Waals surface area contributed by atoms with Crippen LogP contribution in [0.3, 0.4) is 0 Å². The molecule has 2 heterocycles. The van der Waals surface area contributed by atoms with Crippen LogP contribution in [0.1, 0.15) is 5.76 Å². The Balaban J connectivity index is 1.76. The maximum Gasteiger partial charge on any atom is 0.195 e. The average molecular weight is 223 g/mol. The normalized spacial score (nSPS) is 17.6. The fourth-order valence-corrected chi connectivity index (χ4v) is 1.96. The molecule has 0 bridgehead atoms. The molecule has 1 aliphatic heterocycles. The van der Waals surface area contributed by atoms with Crippen molar-refractivity contribution in [3.05, 3.63) is 17.9 Å². The van der Waals surface area contributed by atoms with Gasteiger partial charge >= 0.3 is 0 Å². The first kappa shape index (κ1) is 11.5. The molecule has 2 rings (SSSR count). The molecule has 0 radical (unpaired) electrons. The Morgan fingerprint density at radius 1 is 1.38 bits per heavy atom. The highest BCUT2D eigenvalue weighted by molar-refractivity contribution is 5.34. The fourth-order valence-electron chi connectivity index (χ4n) is 1.96. The van der Waals surface area contributed by atoms with Crippen LogP contribution in [0.4, 0.5) is 5.88 Å². The van der Waals surface area contributed by atoms with Crippen LogP contribution in [0.2, 0.25) is 0 Å². The summed E-state index contributed by atoms with van der Waals surface area (Å²) in [5, 5.41) is 3.36. The highest BCUT2D eigenvalue weighted by atomic mass is 16.4. The van der Waals surface area contributed by atoms with Crippen molar-refractivity contribution in [2.45, 2.75) is 6.92 Å². The van der Waals surface area contributed by atoms with Crippen molar-refractivity contribution in [1.82, 2.24) is 10.2 Å². The van der Waals surface area contributed by atoms with Crippen LogP contribution in [0, 0.1) is 6.92 Å². The number of likely N-dealkylation sites (N-methyl/N-ethyl adjacent to an activating group) is 1. The highest BCUT2D eigenvalue weighted by Gasteiger charge is 2.11. The van der Waals surface area contributed by atoms with E-state index < -0.39 is 0 Å². The lowest BCUT2D eigenvalue weighted by Crippen LogP contribution is -2.45. The zero-order valence-corrected chi connectivity index (χ0v) is 10.2. The number of furan rings is 1. The molecule has 1 aromatic rings. The number of aryl methyl sites for hydroxylation is 1. The molecular formula is C12H21N3O. The Labute approximate surface area is 97.2 Å². The van der Waals surface area contributed by atoms with E-state index in [0.717, 1.165) is 50.9 Å². The molecule has 0 saturated carbocycles. The van der Waals surface area contributed by atoms with Crippen LogP contribution in [0.25, 0.3) is 0 Å². The Kier molecular flexibility index (Phi) is 3.85. The van der Waals surface area contributed by atoms with E-state index >= 15 is 0 Å². The molecule has 1 fully saturated rings. The van der Waals surface area contributed by atoms with Crippen molar-refractivity contribution < 1.29 is 4.42 Å². The van der Waals surface area contributed by atoms with Crippen molar-refractivity contribution in [3.8, 4) is 0 Å². The van der Waals surface area contributed by atoms with Crippen molar-refractivity contribution in [3.63, 3.8) is 0 Å². The van der Waals surface area contributed by atoms with Crippen molar-refractivity contribution in [2.75, 3.05) is 51.2 Å². The molecule has 0 atom stereocenters. The van der Waals surface area contributed by atoms with Gasteiger partial charge in [-0.1, -0.05) is 0 Å². The lowest BCUT2D eigenvalue weighted by Gasteiger charge is -2.28.